The van der Waals surface area contributed by atoms with Crippen LogP contribution in [0.1, 0.15) is 48.0 Å². The molecule has 0 radical (unpaired) electrons. The monoisotopic (exact) mass is 201 g/mol. The Kier molecular flexibility index (Phi) is 4.37. The molecule has 0 spiro atoms. The molecule has 0 heterocycles. The van der Waals surface area contributed by atoms with E-state index >= 15 is 0 Å². The summed E-state index contributed by atoms with van der Waals surface area (Å²) < 4.78 is 0. The normalized spacial score (nSPS) is 12.8. The smallest absolute Gasteiger partial charge is 0.0807 e. The lowest BCUT2D eigenvalue weighted by atomic mass is 9.91. The van der Waals surface area contributed by atoms with Gasteiger partial charge in [-0.15, -0.1) is 0 Å². The Labute approximate surface area is 88.3 Å². The summed E-state index contributed by atoms with van der Waals surface area (Å²) in [5.74, 6) is 0. The van der Waals surface area contributed by atoms with E-state index < -0.39 is 0 Å². The number of hydrogen-bond donors (Lipinski definition) is 1. The molecule has 0 aromatic carbocycles. The summed E-state index contributed by atoms with van der Waals surface area (Å²) in [6, 6.07) is 0. The summed E-state index contributed by atoms with van der Waals surface area (Å²) >= 11 is 5.27. The van der Waals surface area contributed by atoms with Crippen molar-refractivity contribution in [2.45, 2.75) is 48.0 Å². The third-order valence-electron chi connectivity index (χ3n) is 1.84. The summed E-state index contributed by atoms with van der Waals surface area (Å²) in [5, 5.41) is 3.31. The molecule has 0 bridgehead atoms. The van der Waals surface area contributed by atoms with E-state index in [0.29, 0.717) is 5.41 Å². The third-order valence-corrected chi connectivity index (χ3v) is 2.60. The van der Waals surface area contributed by atoms with Crippen LogP contribution in [-0.2, 0) is 0 Å². The van der Waals surface area contributed by atoms with Gasteiger partial charge in [-0.3, -0.25) is 0 Å². The Morgan fingerprint density at radius 1 is 1.08 bits per heavy atom. The maximum atomic E-state index is 5.27. The summed E-state index contributed by atoms with van der Waals surface area (Å²) in [7, 11) is 0. The lowest BCUT2D eigenvalue weighted by Gasteiger charge is -2.24. The first kappa shape index (κ1) is 12.9. The second-order valence-corrected chi connectivity index (χ2v) is 6.22. The van der Waals surface area contributed by atoms with Gasteiger partial charge < -0.3 is 5.32 Å². The lowest BCUT2D eigenvalue weighted by molar-refractivity contribution is 0.376. The summed E-state index contributed by atoms with van der Waals surface area (Å²) in [5.41, 5.74) is 0.494. The number of nitrogens with one attached hydrogen (secondary N) is 1. The summed E-state index contributed by atoms with van der Waals surface area (Å²) in [4.78, 5) is 0.969. The first-order valence-corrected chi connectivity index (χ1v) is 5.32. The fraction of sp³-hybridized carbons (Fsp3) is 0.909. The fourth-order valence-electron chi connectivity index (χ4n) is 0.816. The van der Waals surface area contributed by atoms with Crippen molar-refractivity contribution < 1.29 is 0 Å². The molecule has 0 aliphatic heterocycles. The minimum absolute atomic E-state index is 0.104. The van der Waals surface area contributed by atoms with Crippen LogP contribution in [0.2, 0.25) is 0 Å². The average molecular weight is 201 g/mol. The van der Waals surface area contributed by atoms with Crippen molar-refractivity contribution in [1.29, 1.82) is 0 Å². The Hall–Kier alpha value is -0.110. The highest BCUT2D eigenvalue weighted by Crippen LogP contribution is 2.18. The first-order chi connectivity index (χ1) is 5.63. The van der Waals surface area contributed by atoms with Gasteiger partial charge in [0.1, 0.15) is 0 Å². The van der Waals surface area contributed by atoms with Crippen LogP contribution in [0.3, 0.4) is 0 Å². The van der Waals surface area contributed by atoms with E-state index in [9.17, 15) is 0 Å². The van der Waals surface area contributed by atoms with Crippen molar-refractivity contribution in [2.24, 2.45) is 10.8 Å². The SMILES string of the molecule is CC(C)(C)CCNC(=S)C(C)(C)C. The van der Waals surface area contributed by atoms with Crippen LogP contribution in [0.5, 0.6) is 0 Å². The van der Waals surface area contributed by atoms with E-state index in [4.69, 9.17) is 12.2 Å². The molecule has 0 rings (SSSR count). The highest BCUT2D eigenvalue weighted by atomic mass is 32.1. The topological polar surface area (TPSA) is 12.0 Å². The van der Waals surface area contributed by atoms with Crippen molar-refractivity contribution in [2.75, 3.05) is 6.54 Å². The van der Waals surface area contributed by atoms with Crippen molar-refractivity contribution in [1.82, 2.24) is 5.32 Å². The molecule has 0 aliphatic rings. The molecule has 2 heteroatoms. The second kappa shape index (κ2) is 4.41. The van der Waals surface area contributed by atoms with Crippen LogP contribution in [0.25, 0.3) is 0 Å². The molecule has 0 fully saturated rings. The largest absolute Gasteiger partial charge is 0.379 e. The number of hydrogen-bond acceptors (Lipinski definition) is 1. The van der Waals surface area contributed by atoms with Crippen molar-refractivity contribution in [3.8, 4) is 0 Å². The van der Waals surface area contributed by atoms with Crippen LogP contribution in [-0.4, -0.2) is 11.5 Å². The van der Waals surface area contributed by atoms with Gasteiger partial charge in [-0.05, 0) is 11.8 Å². The zero-order valence-electron chi connectivity index (χ0n) is 9.82. The fourth-order valence-corrected chi connectivity index (χ4v) is 0.918. The van der Waals surface area contributed by atoms with Gasteiger partial charge in [0, 0.05) is 12.0 Å². The lowest BCUT2D eigenvalue weighted by Crippen LogP contribution is -2.34. The Morgan fingerprint density at radius 3 is 1.85 bits per heavy atom. The molecule has 0 unspecified atom stereocenters. The Balaban J connectivity index is 3.74. The van der Waals surface area contributed by atoms with Crippen LogP contribution >= 0.6 is 12.2 Å². The van der Waals surface area contributed by atoms with Crippen LogP contribution < -0.4 is 5.32 Å². The Morgan fingerprint density at radius 2 is 1.54 bits per heavy atom. The Bertz CT molecular complexity index is 172. The predicted octanol–water partition coefficient (Wildman–Crippen LogP) is 3.39. The summed E-state index contributed by atoms with van der Waals surface area (Å²) in [6.45, 7) is 14.1. The molecule has 0 aliphatic carbocycles. The molecule has 13 heavy (non-hydrogen) atoms. The molecule has 0 atom stereocenters. The average Bonchev–Trinajstić information content (AvgIpc) is 1.82. The highest BCUT2D eigenvalue weighted by molar-refractivity contribution is 7.80. The minimum atomic E-state index is 0.104. The van der Waals surface area contributed by atoms with E-state index in [0.717, 1.165) is 18.0 Å². The molecular formula is C11H23NS. The molecule has 0 aromatic heterocycles. The van der Waals surface area contributed by atoms with Crippen molar-refractivity contribution in [3.05, 3.63) is 0 Å². The van der Waals surface area contributed by atoms with E-state index in [-0.39, 0.29) is 5.41 Å². The molecule has 0 aromatic rings. The minimum Gasteiger partial charge on any atom is -0.379 e. The molecule has 0 amide bonds. The van der Waals surface area contributed by atoms with Crippen molar-refractivity contribution in [3.63, 3.8) is 0 Å². The molecule has 0 saturated heterocycles. The second-order valence-electron chi connectivity index (χ2n) is 5.82. The first-order valence-electron chi connectivity index (χ1n) is 4.91. The van der Waals surface area contributed by atoms with Crippen LogP contribution in [0.15, 0.2) is 0 Å². The highest BCUT2D eigenvalue weighted by Gasteiger charge is 2.17. The molecule has 1 nitrogen and oxygen atoms in total. The third kappa shape index (κ3) is 7.00. The van der Waals surface area contributed by atoms with Gasteiger partial charge in [-0.1, -0.05) is 53.8 Å². The van der Waals surface area contributed by atoms with E-state index in [1.807, 2.05) is 0 Å². The molecule has 0 saturated carbocycles. The number of rotatable bonds is 2. The van der Waals surface area contributed by atoms with Gasteiger partial charge in [0.25, 0.3) is 0 Å². The molecular weight excluding hydrogens is 178 g/mol. The van der Waals surface area contributed by atoms with E-state index in [2.05, 4.69) is 46.9 Å². The van der Waals surface area contributed by atoms with Gasteiger partial charge in [-0.25, -0.2) is 0 Å². The van der Waals surface area contributed by atoms with Gasteiger partial charge >= 0.3 is 0 Å². The maximum Gasteiger partial charge on any atom is 0.0807 e. The molecule has 78 valence electrons. The maximum absolute atomic E-state index is 5.27. The van der Waals surface area contributed by atoms with Crippen molar-refractivity contribution >= 4 is 17.2 Å². The van der Waals surface area contributed by atoms with Gasteiger partial charge in [0.15, 0.2) is 0 Å². The zero-order valence-corrected chi connectivity index (χ0v) is 10.6. The van der Waals surface area contributed by atoms with Gasteiger partial charge in [0.05, 0.1) is 4.99 Å². The zero-order chi connectivity index (χ0) is 10.7. The van der Waals surface area contributed by atoms with Crippen LogP contribution in [0, 0.1) is 10.8 Å². The van der Waals surface area contributed by atoms with Crippen LogP contribution in [0.4, 0.5) is 0 Å². The predicted molar refractivity (Wildman–Crippen MR) is 64.1 cm³/mol. The number of thiocarbonyl (C=S) groups is 1. The standard InChI is InChI=1S/C11H23NS/c1-10(2,3)7-8-12-9(13)11(4,5)6/h7-8H2,1-6H3,(H,12,13). The van der Waals surface area contributed by atoms with E-state index in [1.54, 1.807) is 0 Å². The molecule has 1 N–H and O–H groups in total. The summed E-state index contributed by atoms with van der Waals surface area (Å²) in [6.07, 6.45) is 1.16. The van der Waals surface area contributed by atoms with E-state index in [1.165, 1.54) is 0 Å². The van der Waals surface area contributed by atoms with Gasteiger partial charge in [-0.2, -0.15) is 0 Å². The quantitative estimate of drug-likeness (QED) is 0.687. The van der Waals surface area contributed by atoms with Gasteiger partial charge in [0.2, 0.25) is 0 Å².